The number of hydrogen-bond acceptors (Lipinski definition) is 3. The molecule has 2 heterocycles. The van der Waals surface area contributed by atoms with Crippen molar-refractivity contribution < 1.29 is 28.3 Å². The van der Waals surface area contributed by atoms with Gasteiger partial charge in [0, 0.05) is 25.6 Å². The van der Waals surface area contributed by atoms with Gasteiger partial charge in [-0.25, -0.2) is 13.6 Å². The molecular formula is C16H16F2N2O4. The highest BCUT2D eigenvalue weighted by Crippen LogP contribution is 2.30. The SMILES string of the molecule is O=C(O)[C@@H]1CCCN1C(=O)C1CC(=O)N(c2ccc(F)cc2F)C1. The first-order valence-electron chi connectivity index (χ1n) is 7.67. The summed E-state index contributed by atoms with van der Waals surface area (Å²) in [6, 6.07) is 2.01. The molecule has 0 saturated carbocycles. The lowest BCUT2D eigenvalue weighted by atomic mass is 10.1. The summed E-state index contributed by atoms with van der Waals surface area (Å²) in [7, 11) is 0. The van der Waals surface area contributed by atoms with Gasteiger partial charge in [-0.3, -0.25) is 9.59 Å². The van der Waals surface area contributed by atoms with E-state index >= 15 is 0 Å². The summed E-state index contributed by atoms with van der Waals surface area (Å²) in [4.78, 5) is 38.3. The van der Waals surface area contributed by atoms with Gasteiger partial charge in [-0.2, -0.15) is 0 Å². The first-order valence-corrected chi connectivity index (χ1v) is 7.67. The second-order valence-corrected chi connectivity index (χ2v) is 6.03. The fraction of sp³-hybridized carbons (Fsp3) is 0.438. The van der Waals surface area contributed by atoms with Gasteiger partial charge >= 0.3 is 5.97 Å². The molecule has 3 rings (SSSR count). The normalized spacial score (nSPS) is 23.8. The lowest BCUT2D eigenvalue weighted by molar-refractivity contribution is -0.149. The molecule has 8 heteroatoms. The summed E-state index contributed by atoms with van der Waals surface area (Å²) >= 11 is 0. The van der Waals surface area contributed by atoms with Gasteiger partial charge in [0.2, 0.25) is 11.8 Å². The molecule has 0 bridgehead atoms. The monoisotopic (exact) mass is 338 g/mol. The maximum absolute atomic E-state index is 13.9. The summed E-state index contributed by atoms with van der Waals surface area (Å²) < 4.78 is 26.9. The fourth-order valence-electron chi connectivity index (χ4n) is 3.33. The standard InChI is InChI=1S/C16H16F2N2O4/c17-10-3-4-12(11(18)7-10)20-8-9(6-14(20)21)15(22)19-5-1-2-13(19)16(23)24/h3-4,7,9,13H,1-2,5-6,8H2,(H,23,24)/t9?,13-/m0/s1. The second-order valence-electron chi connectivity index (χ2n) is 6.03. The Kier molecular flexibility index (Phi) is 4.21. The van der Waals surface area contributed by atoms with E-state index in [9.17, 15) is 23.2 Å². The van der Waals surface area contributed by atoms with E-state index in [-0.39, 0.29) is 18.7 Å². The molecule has 24 heavy (non-hydrogen) atoms. The van der Waals surface area contributed by atoms with E-state index < -0.39 is 41.4 Å². The van der Waals surface area contributed by atoms with Crippen LogP contribution < -0.4 is 4.90 Å². The average molecular weight is 338 g/mol. The number of amides is 2. The Balaban J connectivity index is 1.77. The number of carboxylic acids is 1. The molecule has 2 saturated heterocycles. The highest BCUT2D eigenvalue weighted by Gasteiger charge is 2.42. The molecule has 1 aromatic rings. The Hall–Kier alpha value is -2.51. The van der Waals surface area contributed by atoms with Gasteiger partial charge in [0.1, 0.15) is 17.7 Å². The van der Waals surface area contributed by atoms with E-state index in [1.807, 2.05) is 0 Å². The summed E-state index contributed by atoms with van der Waals surface area (Å²) in [6.07, 6.45) is 0.871. The third kappa shape index (κ3) is 2.83. The molecule has 2 atom stereocenters. The smallest absolute Gasteiger partial charge is 0.326 e. The molecule has 0 aliphatic carbocycles. The molecule has 2 amide bonds. The number of benzene rings is 1. The van der Waals surface area contributed by atoms with Crippen molar-refractivity contribution >= 4 is 23.5 Å². The molecule has 2 fully saturated rings. The third-order valence-corrected chi connectivity index (χ3v) is 4.50. The molecule has 1 unspecified atom stereocenters. The van der Waals surface area contributed by atoms with E-state index in [0.29, 0.717) is 25.5 Å². The van der Waals surface area contributed by atoms with Crippen LogP contribution in [-0.4, -0.2) is 46.9 Å². The zero-order valence-electron chi connectivity index (χ0n) is 12.7. The zero-order valence-corrected chi connectivity index (χ0v) is 12.7. The predicted octanol–water partition coefficient (Wildman–Crippen LogP) is 1.39. The first kappa shape index (κ1) is 16.4. The number of carbonyl (C=O) groups is 3. The van der Waals surface area contributed by atoms with Crippen molar-refractivity contribution in [3.8, 4) is 0 Å². The summed E-state index contributed by atoms with van der Waals surface area (Å²) in [5, 5.41) is 9.16. The molecule has 2 aliphatic heterocycles. The number of halogens is 2. The Morgan fingerprint density at radius 2 is 2.00 bits per heavy atom. The van der Waals surface area contributed by atoms with Crippen LogP contribution in [0.3, 0.4) is 0 Å². The molecular weight excluding hydrogens is 322 g/mol. The number of carboxylic acid groups (broad SMARTS) is 1. The lowest BCUT2D eigenvalue weighted by Crippen LogP contribution is -2.44. The summed E-state index contributed by atoms with van der Waals surface area (Å²) in [5.74, 6) is -4.25. The minimum atomic E-state index is -1.06. The van der Waals surface area contributed by atoms with Crippen LogP contribution in [0.2, 0.25) is 0 Å². The molecule has 6 nitrogen and oxygen atoms in total. The van der Waals surface area contributed by atoms with Gasteiger partial charge in [-0.05, 0) is 25.0 Å². The Morgan fingerprint density at radius 3 is 2.67 bits per heavy atom. The van der Waals surface area contributed by atoms with Crippen LogP contribution >= 0.6 is 0 Å². The number of aliphatic carboxylic acids is 1. The Labute approximate surface area is 136 Å². The number of carbonyl (C=O) groups excluding carboxylic acids is 2. The number of hydrogen-bond donors (Lipinski definition) is 1. The topological polar surface area (TPSA) is 77.9 Å². The highest BCUT2D eigenvalue weighted by molar-refractivity contribution is 6.01. The van der Waals surface area contributed by atoms with Crippen LogP contribution in [0.25, 0.3) is 0 Å². The number of likely N-dealkylation sites (tertiary alicyclic amines) is 1. The predicted molar refractivity (Wildman–Crippen MR) is 79.2 cm³/mol. The first-order chi connectivity index (χ1) is 11.4. The van der Waals surface area contributed by atoms with Crippen molar-refractivity contribution in [1.82, 2.24) is 4.90 Å². The van der Waals surface area contributed by atoms with Gasteiger partial charge in [0.25, 0.3) is 0 Å². The van der Waals surface area contributed by atoms with Crippen molar-refractivity contribution in [2.45, 2.75) is 25.3 Å². The number of nitrogens with zero attached hydrogens (tertiary/aromatic N) is 2. The fourth-order valence-corrected chi connectivity index (χ4v) is 3.33. The van der Waals surface area contributed by atoms with Crippen LogP contribution in [0, 0.1) is 17.6 Å². The van der Waals surface area contributed by atoms with Crippen molar-refractivity contribution in [1.29, 1.82) is 0 Å². The molecule has 128 valence electrons. The van der Waals surface area contributed by atoms with Gasteiger partial charge < -0.3 is 14.9 Å². The van der Waals surface area contributed by atoms with Crippen LogP contribution in [0.5, 0.6) is 0 Å². The van der Waals surface area contributed by atoms with E-state index in [1.165, 1.54) is 4.90 Å². The summed E-state index contributed by atoms with van der Waals surface area (Å²) in [6.45, 7) is 0.300. The van der Waals surface area contributed by atoms with E-state index in [0.717, 1.165) is 17.0 Å². The van der Waals surface area contributed by atoms with Crippen LogP contribution in [0.15, 0.2) is 18.2 Å². The molecule has 0 aromatic heterocycles. The molecule has 1 N–H and O–H groups in total. The van der Waals surface area contributed by atoms with Crippen molar-refractivity contribution in [3.05, 3.63) is 29.8 Å². The Bertz CT molecular complexity index is 709. The zero-order chi connectivity index (χ0) is 17.4. The minimum absolute atomic E-state index is 0.0386. The van der Waals surface area contributed by atoms with Crippen LogP contribution in [-0.2, 0) is 14.4 Å². The molecule has 1 aromatic carbocycles. The van der Waals surface area contributed by atoms with E-state index in [1.54, 1.807) is 0 Å². The quantitative estimate of drug-likeness (QED) is 0.903. The van der Waals surface area contributed by atoms with Gasteiger partial charge in [-0.15, -0.1) is 0 Å². The molecule has 2 aliphatic rings. The number of rotatable bonds is 3. The van der Waals surface area contributed by atoms with Gasteiger partial charge in [0.05, 0.1) is 11.6 Å². The third-order valence-electron chi connectivity index (χ3n) is 4.50. The largest absolute Gasteiger partial charge is 0.480 e. The average Bonchev–Trinajstić information content (AvgIpc) is 3.13. The van der Waals surface area contributed by atoms with Gasteiger partial charge in [-0.1, -0.05) is 0 Å². The van der Waals surface area contributed by atoms with E-state index in [4.69, 9.17) is 5.11 Å². The van der Waals surface area contributed by atoms with Crippen molar-refractivity contribution in [3.63, 3.8) is 0 Å². The van der Waals surface area contributed by atoms with Gasteiger partial charge in [0.15, 0.2) is 0 Å². The van der Waals surface area contributed by atoms with Crippen LogP contribution in [0.4, 0.5) is 14.5 Å². The van der Waals surface area contributed by atoms with Crippen molar-refractivity contribution in [2.75, 3.05) is 18.0 Å². The Morgan fingerprint density at radius 1 is 1.25 bits per heavy atom. The summed E-state index contributed by atoms with van der Waals surface area (Å²) in [5.41, 5.74) is -0.0760. The second kappa shape index (κ2) is 6.18. The molecule has 0 spiro atoms. The minimum Gasteiger partial charge on any atom is -0.480 e. The van der Waals surface area contributed by atoms with Crippen LogP contribution in [0.1, 0.15) is 19.3 Å². The lowest BCUT2D eigenvalue weighted by Gasteiger charge is -2.24. The maximum atomic E-state index is 13.9. The maximum Gasteiger partial charge on any atom is 0.326 e. The van der Waals surface area contributed by atoms with Crippen molar-refractivity contribution in [2.24, 2.45) is 5.92 Å². The van der Waals surface area contributed by atoms with E-state index in [2.05, 4.69) is 0 Å². The highest BCUT2D eigenvalue weighted by atomic mass is 19.1. The number of anilines is 1. The molecule has 0 radical (unpaired) electrons.